The number of likely N-dealkylation sites (N-methyl/N-ethyl adjacent to an activating group) is 1. The number of benzene rings is 2. The van der Waals surface area contributed by atoms with E-state index in [9.17, 15) is 18.0 Å². The van der Waals surface area contributed by atoms with Gasteiger partial charge in [-0.15, -0.1) is 0 Å². The predicted molar refractivity (Wildman–Crippen MR) is 130 cm³/mol. The number of anilines is 1. The molecule has 8 nitrogen and oxygen atoms in total. The summed E-state index contributed by atoms with van der Waals surface area (Å²) in [4.78, 5) is 26.9. The normalized spacial score (nSPS) is 12.0. The van der Waals surface area contributed by atoms with Gasteiger partial charge in [0.15, 0.2) is 0 Å². The highest BCUT2D eigenvalue weighted by Crippen LogP contribution is 2.22. The monoisotopic (exact) mass is 475 g/mol. The largest absolute Gasteiger partial charge is 0.497 e. The maximum Gasteiger partial charge on any atom is 0.242 e. The van der Waals surface area contributed by atoms with Crippen LogP contribution in [0.15, 0.2) is 48.5 Å². The van der Waals surface area contributed by atoms with E-state index in [-0.39, 0.29) is 24.8 Å². The fraction of sp³-hybridized carbons (Fsp3) is 0.417. The Hall–Kier alpha value is -3.07. The van der Waals surface area contributed by atoms with E-state index in [0.29, 0.717) is 24.4 Å². The molecule has 33 heavy (non-hydrogen) atoms. The molecule has 0 aliphatic carbocycles. The number of amides is 2. The van der Waals surface area contributed by atoms with Gasteiger partial charge in [0.25, 0.3) is 0 Å². The Labute approximate surface area is 196 Å². The Kier molecular flexibility index (Phi) is 9.28. The molecule has 0 saturated heterocycles. The summed E-state index contributed by atoms with van der Waals surface area (Å²) in [6.45, 7) is 4.10. The number of sulfonamides is 1. The van der Waals surface area contributed by atoms with Crippen molar-refractivity contribution in [2.45, 2.75) is 39.3 Å². The Morgan fingerprint density at radius 3 is 2.18 bits per heavy atom. The van der Waals surface area contributed by atoms with Gasteiger partial charge >= 0.3 is 0 Å². The molecule has 0 aliphatic heterocycles. The summed E-state index contributed by atoms with van der Waals surface area (Å²) < 4.78 is 31.1. The molecule has 0 fully saturated rings. The molecule has 0 saturated carbocycles. The van der Waals surface area contributed by atoms with Crippen LogP contribution < -0.4 is 14.4 Å². The molecule has 180 valence electrons. The fourth-order valence-corrected chi connectivity index (χ4v) is 4.40. The second-order valence-corrected chi connectivity index (χ2v) is 9.84. The van der Waals surface area contributed by atoms with Gasteiger partial charge in [0.2, 0.25) is 21.8 Å². The van der Waals surface area contributed by atoms with E-state index in [0.717, 1.165) is 17.4 Å². The van der Waals surface area contributed by atoms with Crippen LogP contribution >= 0.6 is 0 Å². The summed E-state index contributed by atoms with van der Waals surface area (Å²) in [5.41, 5.74) is 2.53. The molecular weight excluding hydrogens is 442 g/mol. The zero-order valence-electron chi connectivity index (χ0n) is 19.9. The van der Waals surface area contributed by atoms with Gasteiger partial charge in [0.1, 0.15) is 11.8 Å². The van der Waals surface area contributed by atoms with Gasteiger partial charge in [-0.25, -0.2) is 8.42 Å². The van der Waals surface area contributed by atoms with Gasteiger partial charge in [0.05, 0.1) is 19.1 Å². The highest BCUT2D eigenvalue weighted by molar-refractivity contribution is 7.92. The van der Waals surface area contributed by atoms with Gasteiger partial charge in [-0.3, -0.25) is 13.9 Å². The van der Waals surface area contributed by atoms with Crippen molar-refractivity contribution < 1.29 is 22.7 Å². The number of methoxy groups -OCH3 is 1. The van der Waals surface area contributed by atoms with E-state index in [1.807, 2.05) is 31.2 Å². The van der Waals surface area contributed by atoms with Crippen LogP contribution in [0.1, 0.15) is 30.9 Å². The van der Waals surface area contributed by atoms with Gasteiger partial charge in [-0.05, 0) is 50.1 Å². The number of aryl methyl sites for hydroxylation is 1. The van der Waals surface area contributed by atoms with Crippen LogP contribution in [0.4, 0.5) is 5.69 Å². The summed E-state index contributed by atoms with van der Waals surface area (Å²) in [7, 11) is -0.466. The highest BCUT2D eigenvalue weighted by atomic mass is 32.2. The average Bonchev–Trinajstić information content (AvgIpc) is 2.79. The molecule has 2 aromatic rings. The van der Waals surface area contributed by atoms with E-state index in [1.165, 1.54) is 23.4 Å². The van der Waals surface area contributed by atoms with E-state index >= 15 is 0 Å². The SMILES string of the molecule is CNC(=O)[C@@H](C)N(Cc1ccc(C)cc1)C(=O)CCCN(c1ccc(OC)cc1)S(C)(=O)=O. The first-order chi connectivity index (χ1) is 15.6. The molecule has 0 aliphatic rings. The van der Waals surface area contributed by atoms with Crippen molar-refractivity contribution in [2.24, 2.45) is 0 Å². The molecule has 0 heterocycles. The van der Waals surface area contributed by atoms with Gasteiger partial charge in [0, 0.05) is 26.6 Å². The number of carbonyl (C=O) groups is 2. The van der Waals surface area contributed by atoms with E-state index in [1.54, 1.807) is 31.2 Å². The number of ether oxygens (including phenoxy) is 1. The molecule has 0 bridgehead atoms. The van der Waals surface area contributed by atoms with Crippen LogP contribution in [-0.2, 0) is 26.2 Å². The Morgan fingerprint density at radius 1 is 1.06 bits per heavy atom. The van der Waals surface area contributed by atoms with Crippen LogP contribution in [0.25, 0.3) is 0 Å². The van der Waals surface area contributed by atoms with Crippen molar-refractivity contribution >= 4 is 27.5 Å². The second kappa shape index (κ2) is 11.7. The molecule has 0 spiro atoms. The lowest BCUT2D eigenvalue weighted by atomic mass is 10.1. The molecule has 2 rings (SSSR count). The number of hydrogen-bond donors (Lipinski definition) is 1. The number of rotatable bonds is 11. The van der Waals surface area contributed by atoms with Crippen molar-refractivity contribution in [1.29, 1.82) is 0 Å². The molecule has 0 unspecified atom stereocenters. The Morgan fingerprint density at radius 2 is 1.67 bits per heavy atom. The van der Waals surface area contributed by atoms with Crippen LogP contribution in [-0.4, -0.2) is 58.1 Å². The topological polar surface area (TPSA) is 96.0 Å². The smallest absolute Gasteiger partial charge is 0.242 e. The minimum Gasteiger partial charge on any atom is -0.497 e. The lowest BCUT2D eigenvalue weighted by molar-refractivity contribution is -0.140. The second-order valence-electron chi connectivity index (χ2n) is 7.93. The van der Waals surface area contributed by atoms with Crippen molar-refractivity contribution in [1.82, 2.24) is 10.2 Å². The zero-order valence-corrected chi connectivity index (χ0v) is 20.7. The predicted octanol–water partition coefficient (Wildman–Crippen LogP) is 2.71. The van der Waals surface area contributed by atoms with Crippen molar-refractivity contribution in [2.75, 3.05) is 31.3 Å². The zero-order chi connectivity index (χ0) is 24.6. The van der Waals surface area contributed by atoms with Crippen LogP contribution in [0.5, 0.6) is 5.75 Å². The Bertz CT molecular complexity index is 1040. The first-order valence-corrected chi connectivity index (χ1v) is 12.6. The van der Waals surface area contributed by atoms with Crippen molar-refractivity contribution in [3.8, 4) is 5.75 Å². The minimum absolute atomic E-state index is 0.107. The molecular formula is C24H33N3O5S. The lowest BCUT2D eigenvalue weighted by Crippen LogP contribution is -2.46. The third kappa shape index (κ3) is 7.49. The number of hydrogen-bond acceptors (Lipinski definition) is 5. The highest BCUT2D eigenvalue weighted by Gasteiger charge is 2.26. The van der Waals surface area contributed by atoms with Gasteiger partial charge in [-0.1, -0.05) is 29.8 Å². The first-order valence-electron chi connectivity index (χ1n) is 10.7. The maximum atomic E-state index is 13.1. The Balaban J connectivity index is 2.12. The molecule has 0 radical (unpaired) electrons. The summed E-state index contributed by atoms with van der Waals surface area (Å²) >= 11 is 0. The third-order valence-electron chi connectivity index (χ3n) is 5.40. The maximum absolute atomic E-state index is 13.1. The molecule has 9 heteroatoms. The van der Waals surface area contributed by atoms with Crippen LogP contribution in [0.3, 0.4) is 0 Å². The molecule has 2 aromatic carbocycles. The van der Waals surface area contributed by atoms with E-state index in [4.69, 9.17) is 4.74 Å². The molecule has 2 amide bonds. The quantitative estimate of drug-likeness (QED) is 0.539. The number of nitrogens with one attached hydrogen (secondary N) is 1. The lowest BCUT2D eigenvalue weighted by Gasteiger charge is -2.29. The summed E-state index contributed by atoms with van der Waals surface area (Å²) in [6, 6.07) is 13.8. The minimum atomic E-state index is -3.54. The number of nitrogens with zero attached hydrogens (tertiary/aromatic N) is 2. The number of carbonyl (C=O) groups excluding carboxylic acids is 2. The fourth-order valence-electron chi connectivity index (χ4n) is 3.43. The van der Waals surface area contributed by atoms with Crippen LogP contribution in [0, 0.1) is 6.92 Å². The average molecular weight is 476 g/mol. The third-order valence-corrected chi connectivity index (χ3v) is 6.59. The van der Waals surface area contributed by atoms with Crippen molar-refractivity contribution in [3.05, 3.63) is 59.7 Å². The van der Waals surface area contributed by atoms with Crippen LogP contribution in [0.2, 0.25) is 0 Å². The molecule has 0 aromatic heterocycles. The molecule has 1 atom stereocenters. The van der Waals surface area contributed by atoms with Gasteiger partial charge in [-0.2, -0.15) is 0 Å². The molecule has 1 N–H and O–H groups in total. The first kappa shape index (κ1) is 26.2. The standard InChI is InChI=1S/C24H33N3O5S/c1-18-8-10-20(11-9-18)17-26(19(2)24(29)25-3)23(28)7-6-16-27(33(5,30)31)21-12-14-22(32-4)15-13-21/h8-15,19H,6-7,16-17H2,1-5H3,(H,25,29)/t19-/m1/s1. The van der Waals surface area contributed by atoms with E-state index in [2.05, 4.69) is 5.32 Å². The summed E-state index contributed by atoms with van der Waals surface area (Å²) in [6.07, 6.45) is 1.55. The van der Waals surface area contributed by atoms with Gasteiger partial charge < -0.3 is 15.0 Å². The summed E-state index contributed by atoms with van der Waals surface area (Å²) in [5, 5.41) is 2.59. The van der Waals surface area contributed by atoms with Crippen molar-refractivity contribution in [3.63, 3.8) is 0 Å². The summed E-state index contributed by atoms with van der Waals surface area (Å²) in [5.74, 6) is 0.152. The van der Waals surface area contributed by atoms with E-state index < -0.39 is 16.1 Å².